The lowest BCUT2D eigenvalue weighted by atomic mass is 10.0. The number of rotatable bonds is 20. The molecule has 1 heterocycles. The summed E-state index contributed by atoms with van der Waals surface area (Å²) in [5.41, 5.74) is 2.09. The Kier molecular flexibility index (Phi) is 15.2. The van der Waals surface area contributed by atoms with Crippen LogP contribution in [-0.4, -0.2) is 28.9 Å². The van der Waals surface area contributed by atoms with Crippen LogP contribution in [0, 0.1) is 0 Å². The first-order chi connectivity index (χ1) is 17.1. The first-order valence-electron chi connectivity index (χ1n) is 14.0. The fraction of sp³-hybridized carbons (Fsp3) is 0.667. The zero-order valence-corrected chi connectivity index (χ0v) is 22.0. The maximum Gasteiger partial charge on any atom is 0.159 e. The van der Waals surface area contributed by atoms with Crippen LogP contribution in [0.25, 0.3) is 11.4 Å². The maximum atomic E-state index is 13.9. The molecular weight excluding hydrogens is 442 g/mol. The van der Waals surface area contributed by atoms with Crippen LogP contribution in [0.1, 0.15) is 109 Å². The van der Waals surface area contributed by atoms with Crippen molar-refractivity contribution in [2.45, 2.75) is 123 Å². The summed E-state index contributed by atoms with van der Waals surface area (Å²) >= 11 is 0. The van der Waals surface area contributed by atoms with E-state index in [0.29, 0.717) is 18.0 Å². The van der Waals surface area contributed by atoms with E-state index in [-0.39, 0.29) is 19.4 Å². The summed E-state index contributed by atoms with van der Waals surface area (Å²) in [4.78, 5) is 9.06. The zero-order chi connectivity index (χ0) is 25.1. The van der Waals surface area contributed by atoms with Crippen molar-refractivity contribution in [2.24, 2.45) is 0 Å². The summed E-state index contributed by atoms with van der Waals surface area (Å²) in [7, 11) is 0. The SMILES string of the molecule is CCCCCCCCCCCCc1cnc(-c2ccc(OCCC(F)C(F)CCCC)cc2)nc1. The number of hydrogen-bond donors (Lipinski definition) is 0. The van der Waals surface area contributed by atoms with Crippen molar-refractivity contribution in [1.82, 2.24) is 9.97 Å². The number of hydrogen-bond acceptors (Lipinski definition) is 3. The van der Waals surface area contributed by atoms with Crippen molar-refractivity contribution in [3.63, 3.8) is 0 Å². The van der Waals surface area contributed by atoms with Crippen molar-refractivity contribution in [3.8, 4) is 17.1 Å². The van der Waals surface area contributed by atoms with E-state index in [0.717, 1.165) is 18.4 Å². The van der Waals surface area contributed by atoms with Crippen molar-refractivity contribution in [2.75, 3.05) is 6.61 Å². The number of aromatic nitrogens is 2. The molecule has 2 atom stereocenters. The molecule has 2 aromatic rings. The third-order valence-corrected chi connectivity index (χ3v) is 6.53. The number of halogens is 2. The Labute approximate surface area is 212 Å². The van der Waals surface area contributed by atoms with E-state index in [9.17, 15) is 8.78 Å². The van der Waals surface area contributed by atoms with Crippen LogP contribution in [0.2, 0.25) is 0 Å². The predicted molar refractivity (Wildman–Crippen MR) is 142 cm³/mol. The van der Waals surface area contributed by atoms with Gasteiger partial charge in [0.05, 0.1) is 6.61 Å². The average molecular weight is 489 g/mol. The minimum absolute atomic E-state index is 0.0657. The monoisotopic (exact) mass is 488 g/mol. The number of nitrogens with zero attached hydrogens (tertiary/aromatic N) is 2. The standard InChI is InChI=1S/C30H46F2N2O/c1-3-5-7-8-9-10-11-12-13-14-15-25-23-33-30(34-24-25)26-17-19-27(20-18-26)35-22-21-29(32)28(31)16-6-4-2/h17-20,23-24,28-29H,3-16,21-22H2,1-2H3. The second kappa shape index (κ2) is 18.3. The van der Waals surface area contributed by atoms with Crippen LogP contribution >= 0.6 is 0 Å². The second-order valence-electron chi connectivity index (χ2n) is 9.68. The van der Waals surface area contributed by atoms with Gasteiger partial charge < -0.3 is 4.74 Å². The predicted octanol–water partition coefficient (Wildman–Crippen LogP) is 9.24. The summed E-state index contributed by atoms with van der Waals surface area (Å²) in [6, 6.07) is 7.46. The second-order valence-corrected chi connectivity index (χ2v) is 9.68. The zero-order valence-electron chi connectivity index (χ0n) is 22.0. The third-order valence-electron chi connectivity index (χ3n) is 6.53. The summed E-state index contributed by atoms with van der Waals surface area (Å²) in [6.07, 6.45) is 17.3. The molecule has 0 saturated heterocycles. The van der Waals surface area contributed by atoms with E-state index in [1.54, 1.807) is 0 Å². The van der Waals surface area contributed by atoms with E-state index < -0.39 is 12.3 Å². The molecule has 0 N–H and O–H groups in total. The van der Waals surface area contributed by atoms with Gasteiger partial charge in [0, 0.05) is 24.4 Å². The lowest BCUT2D eigenvalue weighted by molar-refractivity contribution is 0.128. The topological polar surface area (TPSA) is 35.0 Å². The first kappa shape index (κ1) is 29.2. The Hall–Kier alpha value is -2.04. The minimum atomic E-state index is -1.46. The summed E-state index contributed by atoms with van der Waals surface area (Å²) in [5, 5.41) is 0. The maximum absolute atomic E-state index is 13.9. The molecule has 2 rings (SSSR count). The Morgan fingerprint density at radius 1 is 0.686 bits per heavy atom. The molecule has 0 radical (unpaired) electrons. The quantitative estimate of drug-likeness (QED) is 0.174. The van der Waals surface area contributed by atoms with Crippen LogP contribution in [0.5, 0.6) is 5.75 Å². The first-order valence-corrected chi connectivity index (χ1v) is 14.0. The number of aryl methyl sites for hydroxylation is 1. The molecule has 2 unspecified atom stereocenters. The van der Waals surface area contributed by atoms with E-state index in [4.69, 9.17) is 4.74 Å². The van der Waals surface area contributed by atoms with Gasteiger partial charge in [-0.1, -0.05) is 84.5 Å². The Morgan fingerprint density at radius 3 is 1.83 bits per heavy atom. The molecule has 1 aromatic heterocycles. The Morgan fingerprint density at radius 2 is 1.23 bits per heavy atom. The number of benzene rings is 1. The largest absolute Gasteiger partial charge is 0.493 e. The molecule has 0 bridgehead atoms. The van der Waals surface area contributed by atoms with Gasteiger partial charge in [0.1, 0.15) is 18.1 Å². The van der Waals surface area contributed by atoms with Crippen molar-refractivity contribution >= 4 is 0 Å². The molecule has 0 amide bonds. The van der Waals surface area contributed by atoms with E-state index >= 15 is 0 Å². The van der Waals surface area contributed by atoms with Gasteiger partial charge in [0.25, 0.3) is 0 Å². The highest BCUT2D eigenvalue weighted by Gasteiger charge is 2.19. The molecule has 196 valence electrons. The highest BCUT2D eigenvalue weighted by Crippen LogP contribution is 2.21. The smallest absolute Gasteiger partial charge is 0.159 e. The van der Waals surface area contributed by atoms with Crippen LogP contribution in [0.15, 0.2) is 36.7 Å². The molecule has 0 aliphatic carbocycles. The summed E-state index contributed by atoms with van der Waals surface area (Å²) in [5.74, 6) is 1.32. The lowest BCUT2D eigenvalue weighted by Crippen LogP contribution is -2.20. The van der Waals surface area contributed by atoms with Gasteiger partial charge in [-0.15, -0.1) is 0 Å². The molecule has 0 fully saturated rings. The third kappa shape index (κ3) is 12.5. The molecule has 35 heavy (non-hydrogen) atoms. The minimum Gasteiger partial charge on any atom is -0.493 e. The van der Waals surface area contributed by atoms with Gasteiger partial charge in [-0.3, -0.25) is 0 Å². The number of ether oxygens (including phenoxy) is 1. The molecule has 0 spiro atoms. The highest BCUT2D eigenvalue weighted by atomic mass is 19.2. The van der Waals surface area contributed by atoms with Gasteiger partial charge in [0.2, 0.25) is 0 Å². The van der Waals surface area contributed by atoms with Crippen LogP contribution in [0.3, 0.4) is 0 Å². The molecule has 0 saturated carbocycles. The molecular formula is C30H46F2N2O. The highest BCUT2D eigenvalue weighted by molar-refractivity contribution is 5.55. The van der Waals surface area contributed by atoms with Crippen molar-refractivity contribution < 1.29 is 13.5 Å². The number of unbranched alkanes of at least 4 members (excludes halogenated alkanes) is 10. The normalized spacial score (nSPS) is 13.0. The van der Waals surface area contributed by atoms with E-state index in [1.165, 1.54) is 69.8 Å². The molecule has 3 nitrogen and oxygen atoms in total. The van der Waals surface area contributed by atoms with Gasteiger partial charge in [-0.25, -0.2) is 18.7 Å². The van der Waals surface area contributed by atoms with Gasteiger partial charge in [-0.2, -0.15) is 0 Å². The van der Waals surface area contributed by atoms with Crippen LogP contribution in [0.4, 0.5) is 8.78 Å². The molecule has 0 aliphatic rings. The van der Waals surface area contributed by atoms with Gasteiger partial charge in [0.15, 0.2) is 5.82 Å². The molecule has 5 heteroatoms. The van der Waals surface area contributed by atoms with E-state index in [1.807, 2.05) is 43.6 Å². The van der Waals surface area contributed by atoms with Crippen molar-refractivity contribution in [1.29, 1.82) is 0 Å². The van der Waals surface area contributed by atoms with Crippen LogP contribution < -0.4 is 4.74 Å². The fourth-order valence-corrected chi connectivity index (χ4v) is 4.20. The Balaban J connectivity index is 1.63. The average Bonchev–Trinajstić information content (AvgIpc) is 2.89. The van der Waals surface area contributed by atoms with Crippen LogP contribution in [-0.2, 0) is 6.42 Å². The van der Waals surface area contributed by atoms with Crippen molar-refractivity contribution in [3.05, 3.63) is 42.2 Å². The van der Waals surface area contributed by atoms with Gasteiger partial charge >= 0.3 is 0 Å². The van der Waals surface area contributed by atoms with Gasteiger partial charge in [-0.05, 0) is 49.1 Å². The summed E-state index contributed by atoms with van der Waals surface area (Å²) in [6.45, 7) is 4.40. The lowest BCUT2D eigenvalue weighted by Gasteiger charge is -2.14. The van der Waals surface area contributed by atoms with E-state index in [2.05, 4.69) is 16.9 Å². The summed E-state index contributed by atoms with van der Waals surface area (Å²) < 4.78 is 33.2. The Bertz CT molecular complexity index is 767. The molecule has 0 aliphatic heterocycles. The molecule has 1 aromatic carbocycles. The fourth-order valence-electron chi connectivity index (χ4n) is 4.20. The number of alkyl halides is 2.